The zero-order chi connectivity index (χ0) is 15.3. The third-order valence-electron chi connectivity index (χ3n) is 3.05. The number of hydrogen-bond acceptors (Lipinski definition) is 6. The summed E-state index contributed by atoms with van der Waals surface area (Å²) in [7, 11) is -3.66. The molecule has 9 heteroatoms. The Morgan fingerprint density at radius 1 is 1.48 bits per heavy atom. The van der Waals surface area contributed by atoms with Crippen LogP contribution in [-0.2, 0) is 14.8 Å². The van der Waals surface area contributed by atoms with Crippen LogP contribution in [0.15, 0.2) is 21.6 Å². The van der Waals surface area contributed by atoms with Crippen molar-refractivity contribution in [2.24, 2.45) is 11.8 Å². The lowest BCUT2D eigenvalue weighted by molar-refractivity contribution is 0.123. The van der Waals surface area contributed by atoms with Crippen molar-refractivity contribution in [2.45, 2.75) is 24.2 Å². The minimum atomic E-state index is -3.66. The Balaban J connectivity index is 1.84. The number of nitrogens with one attached hydrogen (secondary N) is 2. The van der Waals surface area contributed by atoms with Crippen molar-refractivity contribution in [2.75, 3.05) is 25.2 Å². The highest BCUT2D eigenvalue weighted by atomic mass is 79.9. The van der Waals surface area contributed by atoms with Crippen LogP contribution in [-0.4, -0.2) is 33.2 Å². The Bertz CT molecular complexity index is 578. The van der Waals surface area contributed by atoms with E-state index in [1.807, 2.05) is 0 Å². The summed E-state index contributed by atoms with van der Waals surface area (Å²) in [5, 5.41) is 0. The largest absolute Gasteiger partial charge is 0.381 e. The number of rotatable bonds is 9. The van der Waals surface area contributed by atoms with Gasteiger partial charge >= 0.3 is 0 Å². The smallest absolute Gasteiger partial charge is 0.244 e. The van der Waals surface area contributed by atoms with E-state index in [2.05, 4.69) is 31.1 Å². The van der Waals surface area contributed by atoms with Crippen molar-refractivity contribution in [1.29, 1.82) is 0 Å². The van der Waals surface area contributed by atoms with E-state index in [4.69, 9.17) is 10.6 Å². The Hall–Kier alpha value is -0.740. The van der Waals surface area contributed by atoms with Crippen LogP contribution in [0, 0.1) is 5.92 Å². The topological polar surface area (TPSA) is 106 Å². The monoisotopic (exact) mass is 378 g/mol. The summed E-state index contributed by atoms with van der Waals surface area (Å²) < 4.78 is 32.9. The summed E-state index contributed by atoms with van der Waals surface area (Å²) in [5.41, 5.74) is 2.28. The molecule has 1 aromatic heterocycles. The molecular formula is C12H19BrN4O3S. The fraction of sp³-hybridized carbons (Fsp3) is 0.583. The standard InChI is InChI=1S/C12H19BrN4O3S/c13-10-6-11(12(17-14)15-7-10)21(18,19)16-4-1-5-20-8-9-2-3-9/h6-7,9,16H,1-5,8,14H2,(H,15,17). The average Bonchev–Trinajstić information content (AvgIpc) is 3.27. The molecule has 4 N–H and O–H groups in total. The highest BCUT2D eigenvalue weighted by Gasteiger charge is 2.21. The molecule has 0 unspecified atom stereocenters. The summed E-state index contributed by atoms with van der Waals surface area (Å²) in [5.74, 6) is 6.11. The van der Waals surface area contributed by atoms with E-state index in [0.717, 1.165) is 6.61 Å². The molecular weight excluding hydrogens is 360 g/mol. The first-order valence-corrected chi connectivity index (χ1v) is 9.00. The van der Waals surface area contributed by atoms with Gasteiger partial charge in [-0.3, -0.25) is 0 Å². The average molecular weight is 379 g/mol. The van der Waals surface area contributed by atoms with Crippen LogP contribution in [0.4, 0.5) is 5.82 Å². The zero-order valence-corrected chi connectivity index (χ0v) is 13.9. The Labute approximate surface area is 132 Å². The van der Waals surface area contributed by atoms with Gasteiger partial charge in [0.2, 0.25) is 10.0 Å². The molecule has 7 nitrogen and oxygen atoms in total. The molecule has 0 aliphatic heterocycles. The Morgan fingerprint density at radius 3 is 2.90 bits per heavy atom. The summed E-state index contributed by atoms with van der Waals surface area (Å²) >= 11 is 3.20. The molecule has 0 spiro atoms. The fourth-order valence-corrected chi connectivity index (χ4v) is 3.43. The third kappa shape index (κ3) is 5.19. The van der Waals surface area contributed by atoms with Crippen molar-refractivity contribution in [3.63, 3.8) is 0 Å². The number of hydrogen-bond donors (Lipinski definition) is 3. The van der Waals surface area contributed by atoms with Crippen molar-refractivity contribution in [1.82, 2.24) is 9.71 Å². The van der Waals surface area contributed by atoms with E-state index in [-0.39, 0.29) is 10.7 Å². The second-order valence-electron chi connectivity index (χ2n) is 4.91. The van der Waals surface area contributed by atoms with E-state index in [9.17, 15) is 8.42 Å². The molecule has 2 rings (SSSR count). The van der Waals surface area contributed by atoms with E-state index >= 15 is 0 Å². The van der Waals surface area contributed by atoms with Crippen molar-refractivity contribution in [3.05, 3.63) is 16.7 Å². The van der Waals surface area contributed by atoms with Gasteiger partial charge in [0.15, 0.2) is 5.82 Å². The van der Waals surface area contributed by atoms with Gasteiger partial charge in [-0.05, 0) is 47.2 Å². The van der Waals surface area contributed by atoms with Crippen molar-refractivity contribution in [3.8, 4) is 0 Å². The maximum atomic E-state index is 12.2. The van der Waals surface area contributed by atoms with E-state index in [1.54, 1.807) is 0 Å². The Morgan fingerprint density at radius 2 is 2.24 bits per heavy atom. The first-order chi connectivity index (χ1) is 10.0. The number of nitrogens with zero attached hydrogens (tertiary/aromatic N) is 1. The lowest BCUT2D eigenvalue weighted by Gasteiger charge is -2.10. The second kappa shape index (κ2) is 7.50. The molecule has 0 aromatic carbocycles. The van der Waals surface area contributed by atoms with E-state index in [0.29, 0.717) is 30.0 Å². The predicted octanol–water partition coefficient (Wildman–Crippen LogP) is 1.22. The van der Waals surface area contributed by atoms with Crippen LogP contribution in [0.3, 0.4) is 0 Å². The maximum absolute atomic E-state index is 12.2. The number of aromatic nitrogens is 1. The minimum Gasteiger partial charge on any atom is -0.381 e. The molecule has 1 heterocycles. The van der Waals surface area contributed by atoms with E-state index < -0.39 is 10.0 Å². The lowest BCUT2D eigenvalue weighted by atomic mass is 10.4. The van der Waals surface area contributed by atoms with E-state index in [1.165, 1.54) is 25.1 Å². The summed E-state index contributed by atoms with van der Waals surface area (Å²) in [6, 6.07) is 1.45. The minimum absolute atomic E-state index is 0.0123. The second-order valence-corrected chi connectivity index (χ2v) is 7.57. The van der Waals surface area contributed by atoms with Gasteiger partial charge in [-0.2, -0.15) is 0 Å². The molecule has 1 saturated carbocycles. The van der Waals surface area contributed by atoms with Gasteiger partial charge in [-0.15, -0.1) is 0 Å². The third-order valence-corrected chi connectivity index (χ3v) is 4.96. The summed E-state index contributed by atoms with van der Waals surface area (Å²) in [4.78, 5) is 3.93. The van der Waals surface area contributed by atoms with Crippen LogP contribution in [0.2, 0.25) is 0 Å². The van der Waals surface area contributed by atoms with Crippen LogP contribution >= 0.6 is 15.9 Å². The van der Waals surface area contributed by atoms with Crippen molar-refractivity contribution >= 4 is 31.8 Å². The zero-order valence-electron chi connectivity index (χ0n) is 11.5. The normalized spacial score (nSPS) is 15.1. The maximum Gasteiger partial charge on any atom is 0.244 e. The molecule has 0 bridgehead atoms. The predicted molar refractivity (Wildman–Crippen MR) is 83.1 cm³/mol. The molecule has 1 aromatic rings. The number of ether oxygens (including phenoxy) is 1. The molecule has 21 heavy (non-hydrogen) atoms. The molecule has 1 fully saturated rings. The van der Waals surface area contributed by atoms with Gasteiger partial charge in [0.1, 0.15) is 4.90 Å². The number of sulfonamides is 1. The number of anilines is 1. The van der Waals surface area contributed by atoms with Gasteiger partial charge in [-0.1, -0.05) is 0 Å². The Kier molecular flexibility index (Phi) is 5.94. The molecule has 0 atom stereocenters. The fourth-order valence-electron chi connectivity index (χ4n) is 1.73. The first kappa shape index (κ1) is 16.6. The number of nitrogen functional groups attached to an aromatic ring is 1. The highest BCUT2D eigenvalue weighted by molar-refractivity contribution is 9.10. The molecule has 0 amide bonds. The molecule has 0 radical (unpaired) electrons. The van der Waals surface area contributed by atoms with Gasteiger partial charge < -0.3 is 10.2 Å². The summed E-state index contributed by atoms with van der Waals surface area (Å²) in [6.45, 7) is 1.64. The van der Waals surface area contributed by atoms with Crippen LogP contribution in [0.5, 0.6) is 0 Å². The highest BCUT2D eigenvalue weighted by Crippen LogP contribution is 2.28. The number of halogens is 1. The molecule has 1 aliphatic rings. The first-order valence-electron chi connectivity index (χ1n) is 6.72. The number of nitrogens with two attached hydrogens (primary N) is 1. The number of pyridine rings is 1. The van der Waals surface area contributed by atoms with Gasteiger partial charge in [0.25, 0.3) is 0 Å². The van der Waals surface area contributed by atoms with Gasteiger partial charge in [-0.25, -0.2) is 24.0 Å². The quantitative estimate of drug-likeness (QED) is 0.339. The van der Waals surface area contributed by atoms with Crippen LogP contribution in [0.1, 0.15) is 19.3 Å². The lowest BCUT2D eigenvalue weighted by Crippen LogP contribution is -2.27. The van der Waals surface area contributed by atoms with Crippen molar-refractivity contribution < 1.29 is 13.2 Å². The number of hydrazine groups is 1. The van der Waals surface area contributed by atoms with Crippen LogP contribution in [0.25, 0.3) is 0 Å². The van der Waals surface area contributed by atoms with Gasteiger partial charge in [0.05, 0.1) is 0 Å². The summed E-state index contributed by atoms with van der Waals surface area (Å²) in [6.07, 6.45) is 4.59. The molecule has 0 saturated heterocycles. The molecule has 1 aliphatic carbocycles. The SMILES string of the molecule is NNc1ncc(Br)cc1S(=O)(=O)NCCCOCC1CC1. The molecule has 118 valence electrons. The van der Waals surface area contributed by atoms with Crippen LogP contribution < -0.4 is 16.0 Å². The van der Waals surface area contributed by atoms with Gasteiger partial charge in [0, 0.05) is 30.4 Å².